The van der Waals surface area contributed by atoms with Gasteiger partial charge >= 0.3 is 0 Å². The Kier molecular flexibility index (Phi) is 2.74. The number of hydrogen-bond donors (Lipinski definition) is 1. The Bertz CT molecular complexity index is 807. The van der Waals surface area contributed by atoms with E-state index in [4.69, 9.17) is 0 Å². The molecule has 0 saturated carbocycles. The van der Waals surface area contributed by atoms with Crippen LogP contribution in [0.1, 0.15) is 5.56 Å². The maximum atomic E-state index is 12.3. The zero-order valence-electron chi connectivity index (χ0n) is 10.8. The van der Waals surface area contributed by atoms with Crippen LogP contribution in [-0.2, 0) is 7.05 Å². The number of aryl methyl sites for hydroxylation is 1. The van der Waals surface area contributed by atoms with Gasteiger partial charge in [-0.3, -0.25) is 19.9 Å². The summed E-state index contributed by atoms with van der Waals surface area (Å²) in [5.74, 6) is 0. The maximum Gasteiger partial charge on any atom is 0.270 e. The van der Waals surface area contributed by atoms with Crippen LogP contribution in [-0.4, -0.2) is 28.8 Å². The lowest BCUT2D eigenvalue weighted by atomic mass is 10.1. The van der Waals surface area contributed by atoms with E-state index in [1.54, 1.807) is 13.1 Å². The number of anilines is 1. The van der Waals surface area contributed by atoms with E-state index in [0.29, 0.717) is 35.2 Å². The smallest absolute Gasteiger partial charge is 0.270 e. The molecule has 102 valence electrons. The summed E-state index contributed by atoms with van der Waals surface area (Å²) in [7, 11) is 1.65. The second-order valence-electron chi connectivity index (χ2n) is 4.57. The molecule has 2 aromatic rings. The maximum absolute atomic E-state index is 12.3. The first-order chi connectivity index (χ1) is 9.59. The molecule has 7 nitrogen and oxygen atoms in total. The van der Waals surface area contributed by atoms with Crippen molar-refractivity contribution in [2.75, 3.05) is 18.4 Å². The van der Waals surface area contributed by atoms with Crippen molar-refractivity contribution >= 4 is 28.5 Å². The van der Waals surface area contributed by atoms with Crippen LogP contribution in [0.5, 0.6) is 0 Å². The Labute approximate surface area is 113 Å². The minimum Gasteiger partial charge on any atom is -0.382 e. The lowest BCUT2D eigenvalue weighted by Crippen LogP contribution is -2.23. The van der Waals surface area contributed by atoms with Crippen molar-refractivity contribution in [3.05, 3.63) is 44.2 Å². The Balaban J connectivity index is 2.45. The molecule has 1 N–H and O–H groups in total. The van der Waals surface area contributed by atoms with Crippen LogP contribution in [0.15, 0.2) is 28.0 Å². The number of rotatable bonds is 1. The topological polar surface area (TPSA) is 89.5 Å². The van der Waals surface area contributed by atoms with Gasteiger partial charge in [0.05, 0.1) is 28.2 Å². The van der Waals surface area contributed by atoms with Crippen LogP contribution in [0.3, 0.4) is 0 Å². The summed E-state index contributed by atoms with van der Waals surface area (Å²) in [5.41, 5.74) is 1.55. The predicted octanol–water partition coefficient (Wildman–Crippen LogP) is 1.29. The molecule has 0 atom stereocenters. The summed E-state index contributed by atoms with van der Waals surface area (Å²) in [6.45, 7) is 1.16. The van der Waals surface area contributed by atoms with Gasteiger partial charge in [0.2, 0.25) is 0 Å². The average Bonchev–Trinajstić information content (AvgIpc) is 2.70. The Hall–Kier alpha value is -2.70. The quantitative estimate of drug-likeness (QED) is 0.625. The molecule has 0 radical (unpaired) electrons. The van der Waals surface area contributed by atoms with Crippen LogP contribution in [0, 0.1) is 10.1 Å². The van der Waals surface area contributed by atoms with Crippen molar-refractivity contribution in [2.45, 2.75) is 0 Å². The summed E-state index contributed by atoms with van der Waals surface area (Å²) in [5, 5.41) is 14.7. The molecule has 1 aliphatic heterocycles. The number of aliphatic imine (C=N–C) groups is 1. The van der Waals surface area contributed by atoms with Gasteiger partial charge in [-0.05, 0) is 6.07 Å². The first-order valence-corrected chi connectivity index (χ1v) is 6.14. The third-order valence-corrected chi connectivity index (χ3v) is 3.39. The molecular weight excluding hydrogens is 260 g/mol. The number of hydrogen-bond acceptors (Lipinski definition) is 5. The van der Waals surface area contributed by atoms with E-state index in [1.807, 2.05) is 0 Å². The van der Waals surface area contributed by atoms with Gasteiger partial charge in [0.25, 0.3) is 11.2 Å². The highest BCUT2D eigenvalue weighted by Crippen LogP contribution is 2.28. The monoisotopic (exact) mass is 272 g/mol. The number of nitrogens with zero attached hydrogens (tertiary/aromatic N) is 3. The van der Waals surface area contributed by atoms with Gasteiger partial charge in [-0.2, -0.15) is 0 Å². The van der Waals surface area contributed by atoms with E-state index < -0.39 is 4.92 Å². The highest BCUT2D eigenvalue weighted by molar-refractivity contribution is 6.02. The minimum atomic E-state index is -0.443. The fourth-order valence-corrected chi connectivity index (χ4v) is 2.38. The molecule has 0 spiro atoms. The first kappa shape index (κ1) is 12.3. The molecule has 0 saturated heterocycles. The second-order valence-corrected chi connectivity index (χ2v) is 4.57. The second kappa shape index (κ2) is 4.44. The molecule has 0 aliphatic carbocycles. The molecular formula is C13H12N4O3. The van der Waals surface area contributed by atoms with Crippen molar-refractivity contribution in [1.82, 2.24) is 4.57 Å². The molecule has 3 rings (SSSR count). The van der Waals surface area contributed by atoms with Crippen LogP contribution >= 0.6 is 0 Å². The predicted molar refractivity (Wildman–Crippen MR) is 76.8 cm³/mol. The summed E-state index contributed by atoms with van der Waals surface area (Å²) < 4.78 is 1.48. The number of benzene rings is 1. The van der Waals surface area contributed by atoms with Crippen LogP contribution in [0.25, 0.3) is 10.9 Å². The average molecular weight is 272 g/mol. The SMILES string of the molecule is Cn1c(=O)c2c(c3cc([N+](=O)[O-])ccc31)NCCN=C2. The van der Waals surface area contributed by atoms with Gasteiger partial charge in [-0.15, -0.1) is 0 Å². The fourth-order valence-electron chi connectivity index (χ4n) is 2.38. The molecule has 0 amide bonds. The third kappa shape index (κ3) is 1.75. The van der Waals surface area contributed by atoms with E-state index in [0.717, 1.165) is 0 Å². The molecule has 2 heterocycles. The van der Waals surface area contributed by atoms with Crippen LogP contribution < -0.4 is 10.9 Å². The highest BCUT2D eigenvalue weighted by Gasteiger charge is 2.17. The van der Waals surface area contributed by atoms with E-state index >= 15 is 0 Å². The Morgan fingerprint density at radius 2 is 2.25 bits per heavy atom. The van der Waals surface area contributed by atoms with Crippen molar-refractivity contribution in [3.63, 3.8) is 0 Å². The number of non-ortho nitro benzene ring substituents is 1. The van der Waals surface area contributed by atoms with Crippen LogP contribution in [0.4, 0.5) is 11.4 Å². The highest BCUT2D eigenvalue weighted by atomic mass is 16.6. The number of nitro benzene ring substituents is 1. The zero-order chi connectivity index (χ0) is 14.3. The first-order valence-electron chi connectivity index (χ1n) is 6.14. The number of aromatic nitrogens is 1. The van der Waals surface area contributed by atoms with Gasteiger partial charge in [-0.25, -0.2) is 0 Å². The molecule has 20 heavy (non-hydrogen) atoms. The molecule has 0 unspecified atom stereocenters. The van der Waals surface area contributed by atoms with Crippen molar-refractivity contribution < 1.29 is 4.92 Å². The third-order valence-electron chi connectivity index (χ3n) is 3.39. The zero-order valence-corrected chi connectivity index (χ0v) is 10.8. The van der Waals surface area contributed by atoms with Gasteiger partial charge < -0.3 is 9.88 Å². The van der Waals surface area contributed by atoms with E-state index in [1.165, 1.54) is 22.9 Å². The number of fused-ring (bicyclic) bond motifs is 3. The van der Waals surface area contributed by atoms with Gasteiger partial charge in [0, 0.05) is 37.3 Å². The van der Waals surface area contributed by atoms with Crippen LogP contribution in [0.2, 0.25) is 0 Å². The fraction of sp³-hybridized carbons (Fsp3) is 0.231. The van der Waals surface area contributed by atoms with Gasteiger partial charge in [0.15, 0.2) is 0 Å². The van der Waals surface area contributed by atoms with Crippen molar-refractivity contribution in [2.24, 2.45) is 12.0 Å². The van der Waals surface area contributed by atoms with E-state index in [9.17, 15) is 14.9 Å². The van der Waals surface area contributed by atoms with Gasteiger partial charge in [-0.1, -0.05) is 0 Å². The summed E-state index contributed by atoms with van der Waals surface area (Å²) in [4.78, 5) is 26.9. The van der Waals surface area contributed by atoms with E-state index in [-0.39, 0.29) is 11.2 Å². The molecule has 1 aromatic heterocycles. The summed E-state index contributed by atoms with van der Waals surface area (Å²) in [6.07, 6.45) is 1.54. The standard InChI is InChI=1S/C13H12N4O3/c1-16-11-3-2-8(17(19)20)6-9(11)12-10(13(16)18)7-14-4-5-15-12/h2-3,6-7,15H,4-5H2,1H3. The summed E-state index contributed by atoms with van der Waals surface area (Å²) in [6, 6.07) is 4.48. The normalized spacial score (nSPS) is 13.7. The summed E-state index contributed by atoms with van der Waals surface area (Å²) >= 11 is 0. The largest absolute Gasteiger partial charge is 0.382 e. The Morgan fingerprint density at radius 1 is 1.45 bits per heavy atom. The van der Waals surface area contributed by atoms with Crippen molar-refractivity contribution in [3.8, 4) is 0 Å². The lowest BCUT2D eigenvalue weighted by Gasteiger charge is -2.13. The molecule has 0 bridgehead atoms. The number of nitrogens with one attached hydrogen (secondary N) is 1. The van der Waals surface area contributed by atoms with Gasteiger partial charge in [0.1, 0.15) is 0 Å². The molecule has 1 aromatic carbocycles. The molecule has 1 aliphatic rings. The Morgan fingerprint density at radius 3 is 3.00 bits per heavy atom. The molecule has 7 heteroatoms. The number of nitro groups is 1. The van der Waals surface area contributed by atoms with Crippen molar-refractivity contribution in [1.29, 1.82) is 0 Å². The van der Waals surface area contributed by atoms with E-state index in [2.05, 4.69) is 10.3 Å². The lowest BCUT2D eigenvalue weighted by molar-refractivity contribution is -0.384. The number of pyridine rings is 1. The minimum absolute atomic E-state index is 0.00124. The molecule has 0 fully saturated rings.